The maximum Gasteiger partial charge on any atom is 0.328 e. The van der Waals surface area contributed by atoms with E-state index in [0.717, 1.165) is 33.2 Å². The number of nitrogens with one attached hydrogen (secondary N) is 1. The largest absolute Gasteiger partial charge is 0.478 e. The van der Waals surface area contributed by atoms with Gasteiger partial charge in [-0.1, -0.05) is 18.2 Å². The Balaban J connectivity index is 0.000000275. The molecule has 0 unspecified atom stereocenters. The summed E-state index contributed by atoms with van der Waals surface area (Å²) in [5, 5.41) is 17.4. The van der Waals surface area contributed by atoms with Crippen LogP contribution in [0.4, 0.5) is 0 Å². The number of hydrogen-bond acceptors (Lipinski definition) is 4. The zero-order valence-electron chi connectivity index (χ0n) is 16.4. The predicted molar refractivity (Wildman–Crippen MR) is 112 cm³/mol. The van der Waals surface area contributed by atoms with Crippen molar-refractivity contribution < 1.29 is 19.8 Å². The molecule has 0 saturated heterocycles. The molecule has 0 aliphatic rings. The lowest BCUT2D eigenvalue weighted by molar-refractivity contribution is -0.134. The average Bonchev–Trinajstić information content (AvgIpc) is 3.24. The van der Waals surface area contributed by atoms with Crippen molar-refractivity contribution in [2.45, 2.75) is 13.5 Å². The Morgan fingerprint density at radius 2 is 1.77 bits per heavy atom. The van der Waals surface area contributed by atoms with E-state index in [1.165, 1.54) is 0 Å². The third-order valence-electron chi connectivity index (χ3n) is 4.66. The fraction of sp³-hybridized carbons (Fsp3) is 0.143. The number of carboxylic acid groups (broad SMARTS) is 2. The summed E-state index contributed by atoms with van der Waals surface area (Å²) in [6.45, 7) is 2.44. The molecule has 0 bridgehead atoms. The van der Waals surface area contributed by atoms with Gasteiger partial charge in [0.05, 0.1) is 29.5 Å². The van der Waals surface area contributed by atoms with Gasteiger partial charge in [-0.25, -0.2) is 14.6 Å². The van der Waals surface area contributed by atoms with Crippen molar-refractivity contribution in [2.24, 2.45) is 7.05 Å². The normalized spacial score (nSPS) is 11.0. The summed E-state index contributed by atoms with van der Waals surface area (Å²) in [5.74, 6) is -2.51. The number of H-pyrrole nitrogens is 1. The van der Waals surface area contributed by atoms with Crippen LogP contribution in [0.5, 0.6) is 0 Å². The van der Waals surface area contributed by atoms with Crippen LogP contribution < -0.4 is 5.56 Å². The molecule has 0 amide bonds. The van der Waals surface area contributed by atoms with Gasteiger partial charge >= 0.3 is 11.9 Å². The number of para-hydroxylation sites is 1. The highest BCUT2D eigenvalue weighted by Gasteiger charge is 2.13. The zero-order valence-corrected chi connectivity index (χ0v) is 16.4. The monoisotopic (exact) mass is 408 g/mol. The molecule has 4 aromatic rings. The number of carboxylic acids is 2. The molecule has 9 heteroatoms. The van der Waals surface area contributed by atoms with E-state index < -0.39 is 11.9 Å². The van der Waals surface area contributed by atoms with Gasteiger partial charge in [-0.05, 0) is 19.1 Å². The molecule has 0 atom stereocenters. The minimum atomic E-state index is -1.26. The Labute approximate surface area is 170 Å². The zero-order chi connectivity index (χ0) is 21.8. The quantitative estimate of drug-likeness (QED) is 0.444. The number of aromatic nitrogens is 4. The molecule has 0 aliphatic heterocycles. The minimum Gasteiger partial charge on any atom is -0.478 e. The number of fused-ring (bicyclic) bond motifs is 3. The molecule has 154 valence electrons. The number of imidazole rings is 1. The summed E-state index contributed by atoms with van der Waals surface area (Å²) in [7, 11) is 1.99. The number of pyridine rings is 1. The van der Waals surface area contributed by atoms with Gasteiger partial charge in [-0.15, -0.1) is 0 Å². The fourth-order valence-corrected chi connectivity index (χ4v) is 3.18. The molecule has 9 nitrogen and oxygen atoms in total. The number of nitrogens with zero attached hydrogens (tertiary/aromatic N) is 3. The maximum atomic E-state index is 12.9. The number of aliphatic carboxylic acids is 2. The number of rotatable bonds is 4. The molecular weight excluding hydrogens is 388 g/mol. The van der Waals surface area contributed by atoms with Gasteiger partial charge < -0.3 is 24.3 Å². The standard InChI is InChI=1S/C17H16N4O.C4H4O4/c1-11-13(19-10-18-11)9-21-8-7-15-16(17(21)22)12-5-3-4-6-14(12)20(15)2;5-3(6)1-2-4(7)8/h3-8,10H,9H2,1-2H3,(H,18,19);1-2H,(H,5,6)(H,7,8). The molecule has 3 aromatic heterocycles. The molecule has 0 saturated carbocycles. The lowest BCUT2D eigenvalue weighted by Crippen LogP contribution is -2.20. The van der Waals surface area contributed by atoms with E-state index in [0.29, 0.717) is 18.7 Å². The first-order chi connectivity index (χ1) is 14.3. The van der Waals surface area contributed by atoms with Crippen LogP contribution in [0.15, 0.2) is 59.8 Å². The van der Waals surface area contributed by atoms with Gasteiger partial charge in [0.1, 0.15) is 0 Å². The topological polar surface area (TPSA) is 130 Å². The van der Waals surface area contributed by atoms with Crippen LogP contribution >= 0.6 is 0 Å². The highest BCUT2D eigenvalue weighted by molar-refractivity contribution is 6.07. The Hall–Kier alpha value is -4.14. The summed E-state index contributed by atoms with van der Waals surface area (Å²) in [6, 6.07) is 10.0. The first-order valence-electron chi connectivity index (χ1n) is 8.99. The summed E-state index contributed by atoms with van der Waals surface area (Å²) < 4.78 is 3.79. The van der Waals surface area contributed by atoms with E-state index in [2.05, 4.69) is 14.5 Å². The Morgan fingerprint density at radius 1 is 1.10 bits per heavy atom. The van der Waals surface area contributed by atoms with Gasteiger partial charge in [-0.2, -0.15) is 0 Å². The molecule has 0 radical (unpaired) electrons. The Bertz CT molecular complexity index is 1310. The molecular formula is C21H20N4O5. The van der Waals surface area contributed by atoms with Gasteiger partial charge in [0.15, 0.2) is 0 Å². The Morgan fingerprint density at radius 3 is 2.37 bits per heavy atom. The second-order valence-electron chi connectivity index (χ2n) is 6.57. The second-order valence-corrected chi connectivity index (χ2v) is 6.57. The first kappa shape index (κ1) is 20.6. The minimum absolute atomic E-state index is 0.0247. The summed E-state index contributed by atoms with van der Waals surface area (Å²) in [5.41, 5.74) is 3.94. The first-order valence-corrected chi connectivity index (χ1v) is 8.99. The van der Waals surface area contributed by atoms with Crippen molar-refractivity contribution >= 4 is 33.7 Å². The van der Waals surface area contributed by atoms with Crippen molar-refractivity contribution in [3.8, 4) is 0 Å². The third-order valence-corrected chi connectivity index (χ3v) is 4.66. The van der Waals surface area contributed by atoms with Crippen LogP contribution in [0.25, 0.3) is 21.8 Å². The van der Waals surface area contributed by atoms with Crippen LogP contribution in [0, 0.1) is 6.92 Å². The molecule has 0 fully saturated rings. The highest BCUT2D eigenvalue weighted by atomic mass is 16.4. The number of aromatic amines is 1. The highest BCUT2D eigenvalue weighted by Crippen LogP contribution is 2.25. The van der Waals surface area contributed by atoms with Crippen LogP contribution in [0.2, 0.25) is 0 Å². The van der Waals surface area contributed by atoms with E-state index in [4.69, 9.17) is 10.2 Å². The number of benzene rings is 1. The SMILES string of the molecule is Cc1[nH]cnc1Cn1ccc2c(c1=O)c1ccccc1n2C.O=C(O)C=CC(=O)O. The third kappa shape index (κ3) is 4.14. The summed E-state index contributed by atoms with van der Waals surface area (Å²) in [6.07, 6.45) is 4.62. The molecule has 3 N–H and O–H groups in total. The predicted octanol–water partition coefficient (Wildman–Crippen LogP) is 2.28. The fourth-order valence-electron chi connectivity index (χ4n) is 3.18. The van der Waals surface area contributed by atoms with Crippen molar-refractivity contribution in [3.05, 3.63) is 76.7 Å². The van der Waals surface area contributed by atoms with Crippen molar-refractivity contribution in [2.75, 3.05) is 0 Å². The molecule has 0 aliphatic carbocycles. The molecule has 30 heavy (non-hydrogen) atoms. The van der Waals surface area contributed by atoms with Gasteiger partial charge in [0.25, 0.3) is 5.56 Å². The Kier molecular flexibility index (Phi) is 5.82. The average molecular weight is 408 g/mol. The van der Waals surface area contributed by atoms with Crippen LogP contribution in [0.1, 0.15) is 11.4 Å². The van der Waals surface area contributed by atoms with Crippen LogP contribution in [0.3, 0.4) is 0 Å². The van der Waals surface area contributed by atoms with Crippen molar-refractivity contribution in [1.29, 1.82) is 0 Å². The summed E-state index contributed by atoms with van der Waals surface area (Å²) in [4.78, 5) is 39.3. The van der Waals surface area contributed by atoms with E-state index in [1.54, 1.807) is 10.9 Å². The van der Waals surface area contributed by atoms with E-state index in [-0.39, 0.29) is 5.56 Å². The molecule has 0 spiro atoms. The van der Waals surface area contributed by atoms with Crippen molar-refractivity contribution in [3.63, 3.8) is 0 Å². The molecule has 1 aromatic carbocycles. The smallest absolute Gasteiger partial charge is 0.328 e. The van der Waals surface area contributed by atoms with E-state index >= 15 is 0 Å². The van der Waals surface area contributed by atoms with Gasteiger partial charge in [0, 0.05) is 42.0 Å². The lowest BCUT2D eigenvalue weighted by atomic mass is 10.2. The summed E-state index contributed by atoms with van der Waals surface area (Å²) >= 11 is 0. The lowest BCUT2D eigenvalue weighted by Gasteiger charge is -2.05. The van der Waals surface area contributed by atoms with Crippen LogP contribution in [-0.4, -0.2) is 41.3 Å². The van der Waals surface area contributed by atoms with E-state index in [1.807, 2.05) is 50.5 Å². The number of carbonyl (C=O) groups is 2. The van der Waals surface area contributed by atoms with Crippen molar-refractivity contribution in [1.82, 2.24) is 19.1 Å². The second kappa shape index (κ2) is 8.48. The van der Waals surface area contributed by atoms with E-state index in [9.17, 15) is 14.4 Å². The maximum absolute atomic E-state index is 12.9. The molecule has 3 heterocycles. The van der Waals surface area contributed by atoms with Gasteiger partial charge in [0.2, 0.25) is 0 Å². The van der Waals surface area contributed by atoms with Crippen LogP contribution in [-0.2, 0) is 23.2 Å². The number of hydrogen-bond donors (Lipinski definition) is 3. The number of aryl methyl sites for hydroxylation is 2. The molecule has 4 rings (SSSR count). The van der Waals surface area contributed by atoms with Gasteiger partial charge in [-0.3, -0.25) is 4.79 Å².